The van der Waals surface area contributed by atoms with E-state index in [2.05, 4.69) is 15.3 Å². The number of H-pyrrole nitrogens is 1. The first-order chi connectivity index (χ1) is 7.75. The van der Waals surface area contributed by atoms with Crippen molar-refractivity contribution in [3.05, 3.63) is 50.8 Å². The predicted octanol–water partition coefficient (Wildman–Crippen LogP) is 0.761. The lowest BCUT2D eigenvalue weighted by Gasteiger charge is -2.02. The van der Waals surface area contributed by atoms with E-state index in [4.69, 9.17) is 0 Å². The summed E-state index contributed by atoms with van der Waals surface area (Å²) in [4.78, 5) is 29.1. The summed E-state index contributed by atoms with van der Waals surface area (Å²) in [5.41, 5.74) is -0.0362. The SMILES string of the molecule is O=C(NCc1nccs1)c1cccc(=O)[nH]1. The van der Waals surface area contributed by atoms with E-state index in [1.807, 2.05) is 5.38 Å². The fourth-order valence-electron chi connectivity index (χ4n) is 1.17. The molecule has 6 heteroatoms. The first-order valence-corrected chi connectivity index (χ1v) is 5.49. The smallest absolute Gasteiger partial charge is 0.268 e. The molecule has 2 N–H and O–H groups in total. The van der Waals surface area contributed by atoms with Crippen molar-refractivity contribution in [1.82, 2.24) is 15.3 Å². The Morgan fingerprint density at radius 1 is 1.50 bits per heavy atom. The maximum absolute atomic E-state index is 11.6. The van der Waals surface area contributed by atoms with Crippen molar-refractivity contribution in [2.75, 3.05) is 0 Å². The summed E-state index contributed by atoms with van der Waals surface area (Å²) in [6, 6.07) is 4.45. The fraction of sp³-hybridized carbons (Fsp3) is 0.100. The molecule has 0 atom stereocenters. The van der Waals surface area contributed by atoms with Crippen LogP contribution in [0.2, 0.25) is 0 Å². The molecule has 2 rings (SSSR count). The van der Waals surface area contributed by atoms with Crippen LogP contribution >= 0.6 is 11.3 Å². The van der Waals surface area contributed by atoms with Gasteiger partial charge in [-0.1, -0.05) is 6.07 Å². The van der Waals surface area contributed by atoms with Crippen molar-refractivity contribution in [2.24, 2.45) is 0 Å². The minimum absolute atomic E-state index is 0.254. The largest absolute Gasteiger partial charge is 0.344 e. The highest BCUT2D eigenvalue weighted by atomic mass is 32.1. The zero-order valence-electron chi connectivity index (χ0n) is 8.27. The van der Waals surface area contributed by atoms with Crippen LogP contribution in [0.5, 0.6) is 0 Å². The third kappa shape index (κ3) is 2.54. The normalized spacial score (nSPS) is 10.0. The molecule has 16 heavy (non-hydrogen) atoms. The van der Waals surface area contributed by atoms with E-state index in [9.17, 15) is 9.59 Å². The van der Waals surface area contributed by atoms with Gasteiger partial charge in [-0.15, -0.1) is 11.3 Å². The Balaban J connectivity index is 2.01. The van der Waals surface area contributed by atoms with Crippen LogP contribution in [0.4, 0.5) is 0 Å². The highest BCUT2D eigenvalue weighted by Gasteiger charge is 2.05. The van der Waals surface area contributed by atoms with Crippen LogP contribution in [-0.2, 0) is 6.54 Å². The number of aromatic amines is 1. The number of pyridine rings is 1. The molecule has 2 aromatic rings. The summed E-state index contributed by atoms with van der Waals surface area (Å²) >= 11 is 1.47. The van der Waals surface area contributed by atoms with Gasteiger partial charge in [-0.2, -0.15) is 0 Å². The number of hydrogen-bond acceptors (Lipinski definition) is 4. The van der Waals surface area contributed by atoms with Gasteiger partial charge in [0.05, 0.1) is 6.54 Å². The van der Waals surface area contributed by atoms with Crippen molar-refractivity contribution in [3.63, 3.8) is 0 Å². The molecule has 0 spiro atoms. The number of thiazole rings is 1. The van der Waals surface area contributed by atoms with Gasteiger partial charge >= 0.3 is 0 Å². The van der Waals surface area contributed by atoms with Crippen LogP contribution in [0.3, 0.4) is 0 Å². The van der Waals surface area contributed by atoms with Gasteiger partial charge in [0, 0.05) is 17.6 Å². The second-order valence-electron chi connectivity index (χ2n) is 3.04. The molecule has 0 saturated carbocycles. The zero-order chi connectivity index (χ0) is 11.4. The fourth-order valence-corrected chi connectivity index (χ4v) is 1.73. The second kappa shape index (κ2) is 4.71. The Morgan fingerprint density at radius 2 is 2.38 bits per heavy atom. The Hall–Kier alpha value is -1.95. The molecule has 0 radical (unpaired) electrons. The molecule has 0 aliphatic heterocycles. The van der Waals surface area contributed by atoms with Gasteiger partial charge in [0.2, 0.25) is 5.56 Å². The lowest BCUT2D eigenvalue weighted by molar-refractivity contribution is 0.0945. The van der Waals surface area contributed by atoms with E-state index in [1.54, 1.807) is 12.3 Å². The van der Waals surface area contributed by atoms with E-state index >= 15 is 0 Å². The molecule has 0 aliphatic rings. The van der Waals surface area contributed by atoms with Gasteiger partial charge in [-0.05, 0) is 6.07 Å². The Bertz CT molecular complexity index is 533. The van der Waals surface area contributed by atoms with E-state index in [0.717, 1.165) is 5.01 Å². The first-order valence-electron chi connectivity index (χ1n) is 4.61. The Kier molecular flexibility index (Phi) is 3.11. The minimum Gasteiger partial charge on any atom is -0.344 e. The number of amides is 1. The molecule has 82 valence electrons. The van der Waals surface area contributed by atoms with Crippen molar-refractivity contribution in [2.45, 2.75) is 6.54 Å². The van der Waals surface area contributed by atoms with E-state index in [0.29, 0.717) is 6.54 Å². The number of carbonyl (C=O) groups excluding carboxylic acids is 1. The van der Waals surface area contributed by atoms with Crippen LogP contribution < -0.4 is 10.9 Å². The maximum atomic E-state index is 11.6. The maximum Gasteiger partial charge on any atom is 0.268 e. The first kappa shape index (κ1) is 10.6. The van der Waals surface area contributed by atoms with E-state index in [1.165, 1.54) is 23.5 Å². The molecule has 0 bridgehead atoms. The molecule has 5 nitrogen and oxygen atoms in total. The van der Waals surface area contributed by atoms with Gasteiger partial charge in [-0.25, -0.2) is 4.98 Å². The van der Waals surface area contributed by atoms with Crippen molar-refractivity contribution in [3.8, 4) is 0 Å². The summed E-state index contributed by atoms with van der Waals surface area (Å²) in [5, 5.41) is 5.33. The lowest BCUT2D eigenvalue weighted by Crippen LogP contribution is -2.25. The molecule has 0 fully saturated rings. The van der Waals surface area contributed by atoms with Gasteiger partial charge in [0.25, 0.3) is 5.91 Å². The molecule has 2 heterocycles. The van der Waals surface area contributed by atoms with E-state index in [-0.39, 0.29) is 17.2 Å². The third-order valence-corrected chi connectivity index (χ3v) is 2.68. The topological polar surface area (TPSA) is 74.8 Å². The van der Waals surface area contributed by atoms with Crippen LogP contribution in [0.25, 0.3) is 0 Å². The highest BCUT2D eigenvalue weighted by molar-refractivity contribution is 7.09. The average Bonchev–Trinajstić information content (AvgIpc) is 2.78. The lowest BCUT2D eigenvalue weighted by atomic mass is 10.3. The number of rotatable bonds is 3. The molecule has 0 aliphatic carbocycles. The monoisotopic (exact) mass is 235 g/mol. The Labute approximate surface area is 95.2 Å². The second-order valence-corrected chi connectivity index (χ2v) is 4.02. The molecule has 1 amide bonds. The number of nitrogens with one attached hydrogen (secondary N) is 2. The van der Waals surface area contributed by atoms with Crippen LogP contribution in [-0.4, -0.2) is 15.9 Å². The Morgan fingerprint density at radius 3 is 3.06 bits per heavy atom. The summed E-state index contributed by atoms with van der Waals surface area (Å²) in [6.45, 7) is 0.368. The van der Waals surface area contributed by atoms with Gasteiger partial charge in [0.1, 0.15) is 10.7 Å². The number of hydrogen-bond donors (Lipinski definition) is 2. The van der Waals surface area contributed by atoms with Crippen LogP contribution in [0, 0.1) is 0 Å². The molecule has 0 unspecified atom stereocenters. The highest BCUT2D eigenvalue weighted by Crippen LogP contribution is 2.03. The molecule has 0 saturated heterocycles. The van der Waals surface area contributed by atoms with Crippen molar-refractivity contribution < 1.29 is 4.79 Å². The van der Waals surface area contributed by atoms with Gasteiger partial charge in [0.15, 0.2) is 0 Å². The molecule has 2 aromatic heterocycles. The zero-order valence-corrected chi connectivity index (χ0v) is 9.08. The summed E-state index contributed by atoms with van der Waals surface area (Å²) in [5.74, 6) is -0.312. The predicted molar refractivity (Wildman–Crippen MR) is 60.3 cm³/mol. The van der Waals surface area contributed by atoms with Crippen LogP contribution in [0.15, 0.2) is 34.6 Å². The number of nitrogens with zero attached hydrogens (tertiary/aromatic N) is 1. The molecular weight excluding hydrogens is 226 g/mol. The van der Waals surface area contributed by atoms with Gasteiger partial charge < -0.3 is 10.3 Å². The third-order valence-electron chi connectivity index (χ3n) is 1.90. The summed E-state index contributed by atoms with van der Waals surface area (Å²) in [6.07, 6.45) is 1.68. The van der Waals surface area contributed by atoms with Crippen molar-refractivity contribution in [1.29, 1.82) is 0 Å². The summed E-state index contributed by atoms with van der Waals surface area (Å²) in [7, 11) is 0. The summed E-state index contributed by atoms with van der Waals surface area (Å²) < 4.78 is 0. The van der Waals surface area contributed by atoms with Crippen molar-refractivity contribution >= 4 is 17.2 Å². The minimum atomic E-state index is -0.312. The van der Waals surface area contributed by atoms with Gasteiger partial charge in [-0.3, -0.25) is 9.59 Å². The molecular formula is C10H9N3O2S. The number of aromatic nitrogens is 2. The van der Waals surface area contributed by atoms with E-state index < -0.39 is 0 Å². The number of carbonyl (C=O) groups is 1. The van der Waals surface area contributed by atoms with Crippen LogP contribution in [0.1, 0.15) is 15.5 Å². The standard InChI is InChI=1S/C10H9N3O2S/c14-8-3-1-2-7(13-8)10(15)12-6-9-11-4-5-16-9/h1-5H,6H2,(H,12,15)(H,13,14). The molecule has 0 aromatic carbocycles. The quantitative estimate of drug-likeness (QED) is 0.824. The average molecular weight is 235 g/mol.